The fraction of sp³-hybridized carbons (Fsp3) is 0.214. The minimum Gasteiger partial charge on any atom is -0.489 e. The SMILES string of the molecule is CC1(C)CC(=O)C=C(NNC(=O)c2ccc(COc3ccc(-c4ccccc4)cc3)cc2)C1. The molecule has 0 heterocycles. The van der Waals surface area contributed by atoms with E-state index >= 15 is 0 Å². The molecule has 0 aromatic heterocycles. The molecule has 0 aliphatic heterocycles. The summed E-state index contributed by atoms with van der Waals surface area (Å²) in [4.78, 5) is 24.3. The van der Waals surface area contributed by atoms with Crippen LogP contribution in [0, 0.1) is 5.41 Å². The summed E-state index contributed by atoms with van der Waals surface area (Å²) in [5.74, 6) is 0.608. The fourth-order valence-corrected chi connectivity index (χ4v) is 3.93. The van der Waals surface area contributed by atoms with Crippen LogP contribution in [-0.2, 0) is 11.4 Å². The Kier molecular flexibility index (Phi) is 6.59. The minimum absolute atomic E-state index is 0.0713. The number of hydrogen-bond acceptors (Lipinski definition) is 4. The molecule has 0 fully saturated rings. The molecule has 2 N–H and O–H groups in total. The van der Waals surface area contributed by atoms with E-state index in [1.165, 1.54) is 5.56 Å². The molecule has 168 valence electrons. The molecule has 3 aromatic carbocycles. The number of carbonyl (C=O) groups is 2. The van der Waals surface area contributed by atoms with Crippen molar-refractivity contribution in [2.24, 2.45) is 5.41 Å². The molecule has 33 heavy (non-hydrogen) atoms. The van der Waals surface area contributed by atoms with Gasteiger partial charge in [-0.25, -0.2) is 0 Å². The predicted octanol–water partition coefficient (Wildman–Crippen LogP) is 5.44. The van der Waals surface area contributed by atoms with E-state index in [1.54, 1.807) is 18.2 Å². The minimum atomic E-state index is -0.254. The van der Waals surface area contributed by atoms with Crippen LogP contribution in [0.3, 0.4) is 0 Å². The van der Waals surface area contributed by atoms with Gasteiger partial charge in [-0.3, -0.25) is 15.0 Å². The fourth-order valence-electron chi connectivity index (χ4n) is 3.93. The summed E-state index contributed by atoms with van der Waals surface area (Å²) in [5.41, 5.74) is 10.0. The molecule has 1 amide bonds. The first-order chi connectivity index (χ1) is 15.9. The summed E-state index contributed by atoms with van der Waals surface area (Å²) in [5, 5.41) is 0. The van der Waals surface area contributed by atoms with Gasteiger partial charge in [-0.1, -0.05) is 68.4 Å². The molecule has 5 heteroatoms. The Hall–Kier alpha value is -3.86. The predicted molar refractivity (Wildman–Crippen MR) is 129 cm³/mol. The van der Waals surface area contributed by atoms with Crippen LogP contribution in [0.2, 0.25) is 0 Å². The van der Waals surface area contributed by atoms with E-state index in [4.69, 9.17) is 4.74 Å². The Morgan fingerprint density at radius 1 is 0.879 bits per heavy atom. The van der Waals surface area contributed by atoms with E-state index in [-0.39, 0.29) is 17.1 Å². The molecule has 3 aromatic rings. The Morgan fingerprint density at radius 3 is 2.21 bits per heavy atom. The van der Waals surface area contributed by atoms with Gasteiger partial charge in [0.2, 0.25) is 0 Å². The van der Waals surface area contributed by atoms with E-state index < -0.39 is 0 Å². The Morgan fingerprint density at radius 2 is 1.55 bits per heavy atom. The van der Waals surface area contributed by atoms with E-state index in [2.05, 4.69) is 23.0 Å². The molecule has 0 bridgehead atoms. The molecule has 0 atom stereocenters. The van der Waals surface area contributed by atoms with E-state index in [0.717, 1.165) is 22.6 Å². The van der Waals surface area contributed by atoms with Crippen LogP contribution >= 0.6 is 0 Å². The standard InChI is InChI=1S/C28H28N2O3/c1-28(2)17-24(16-25(31)18-28)29-30-27(32)23-10-8-20(9-11-23)19-33-26-14-12-22(13-15-26)21-6-4-3-5-7-21/h3-16,29H,17-19H2,1-2H3,(H,30,32). The zero-order chi connectivity index (χ0) is 23.3. The van der Waals surface area contributed by atoms with Crippen molar-refractivity contribution in [3.8, 4) is 16.9 Å². The van der Waals surface area contributed by atoms with Gasteiger partial charge >= 0.3 is 0 Å². The van der Waals surface area contributed by atoms with Crippen molar-refractivity contribution in [3.63, 3.8) is 0 Å². The number of rotatable bonds is 7. The highest BCUT2D eigenvalue weighted by Gasteiger charge is 2.27. The highest BCUT2D eigenvalue weighted by molar-refractivity contribution is 5.94. The summed E-state index contributed by atoms with van der Waals surface area (Å²) in [6, 6.07) is 25.5. The third-order valence-electron chi connectivity index (χ3n) is 5.58. The van der Waals surface area contributed by atoms with Crippen molar-refractivity contribution in [1.29, 1.82) is 0 Å². The summed E-state index contributed by atoms with van der Waals surface area (Å²) < 4.78 is 5.89. The van der Waals surface area contributed by atoms with Crippen LogP contribution < -0.4 is 15.6 Å². The molecule has 1 aliphatic rings. The molecule has 0 unspecified atom stereocenters. The van der Waals surface area contributed by atoms with Gasteiger partial charge in [0.25, 0.3) is 5.91 Å². The van der Waals surface area contributed by atoms with Gasteiger partial charge in [0, 0.05) is 23.8 Å². The van der Waals surface area contributed by atoms with E-state index in [0.29, 0.717) is 25.0 Å². The quantitative estimate of drug-likeness (QED) is 0.480. The van der Waals surface area contributed by atoms with Gasteiger partial charge < -0.3 is 10.2 Å². The highest BCUT2D eigenvalue weighted by atomic mass is 16.5. The number of benzene rings is 3. The molecular weight excluding hydrogens is 412 g/mol. The smallest absolute Gasteiger partial charge is 0.269 e. The lowest BCUT2D eigenvalue weighted by Crippen LogP contribution is -2.39. The molecule has 4 rings (SSSR count). The Balaban J connectivity index is 1.28. The number of amides is 1. The summed E-state index contributed by atoms with van der Waals surface area (Å²) >= 11 is 0. The number of ether oxygens (including phenoxy) is 1. The van der Waals surface area contributed by atoms with E-state index in [1.807, 2.05) is 68.4 Å². The largest absolute Gasteiger partial charge is 0.489 e. The number of hydrazine groups is 1. The van der Waals surface area contributed by atoms with Gasteiger partial charge in [-0.15, -0.1) is 0 Å². The summed E-state index contributed by atoms with van der Waals surface area (Å²) in [6.45, 7) is 4.49. The molecular formula is C28H28N2O3. The van der Waals surface area contributed by atoms with Gasteiger partial charge in [0.05, 0.1) is 0 Å². The molecule has 0 saturated carbocycles. The second kappa shape index (κ2) is 9.74. The third-order valence-corrected chi connectivity index (χ3v) is 5.58. The first-order valence-electron chi connectivity index (χ1n) is 11.0. The molecule has 5 nitrogen and oxygen atoms in total. The summed E-state index contributed by atoms with van der Waals surface area (Å²) in [7, 11) is 0. The molecule has 0 saturated heterocycles. The lowest BCUT2D eigenvalue weighted by atomic mass is 9.79. The van der Waals surface area contributed by atoms with Crippen LogP contribution in [0.1, 0.15) is 42.6 Å². The topological polar surface area (TPSA) is 67.4 Å². The first kappa shape index (κ1) is 22.3. The number of hydrogen-bond donors (Lipinski definition) is 2. The number of ketones is 1. The lowest BCUT2D eigenvalue weighted by Gasteiger charge is -2.29. The third kappa shape index (κ3) is 6.10. The number of nitrogens with one attached hydrogen (secondary N) is 2. The molecule has 1 aliphatic carbocycles. The van der Waals surface area contributed by atoms with Crippen molar-refractivity contribution in [3.05, 3.63) is 102 Å². The zero-order valence-corrected chi connectivity index (χ0v) is 18.9. The lowest BCUT2D eigenvalue weighted by molar-refractivity contribution is -0.117. The molecule has 0 spiro atoms. The van der Waals surface area contributed by atoms with Crippen LogP contribution in [0.25, 0.3) is 11.1 Å². The molecule has 0 radical (unpaired) electrons. The van der Waals surface area contributed by atoms with Crippen molar-refractivity contribution in [1.82, 2.24) is 10.9 Å². The van der Waals surface area contributed by atoms with Crippen LogP contribution in [0.15, 0.2) is 90.6 Å². The van der Waals surface area contributed by atoms with Gasteiger partial charge in [0.1, 0.15) is 12.4 Å². The van der Waals surface area contributed by atoms with Gasteiger partial charge in [-0.05, 0) is 52.8 Å². The number of allylic oxidation sites excluding steroid dienone is 2. The average molecular weight is 441 g/mol. The van der Waals surface area contributed by atoms with Gasteiger partial charge in [-0.2, -0.15) is 0 Å². The van der Waals surface area contributed by atoms with Crippen molar-refractivity contribution >= 4 is 11.7 Å². The van der Waals surface area contributed by atoms with Crippen molar-refractivity contribution < 1.29 is 14.3 Å². The van der Waals surface area contributed by atoms with Crippen molar-refractivity contribution in [2.45, 2.75) is 33.3 Å². The number of carbonyl (C=O) groups excluding carboxylic acids is 2. The second-order valence-corrected chi connectivity index (χ2v) is 9.11. The van der Waals surface area contributed by atoms with Crippen LogP contribution in [0.4, 0.5) is 0 Å². The van der Waals surface area contributed by atoms with Gasteiger partial charge in [0.15, 0.2) is 5.78 Å². The monoisotopic (exact) mass is 440 g/mol. The Labute approximate surface area is 194 Å². The maximum absolute atomic E-state index is 12.5. The average Bonchev–Trinajstić information content (AvgIpc) is 2.81. The van der Waals surface area contributed by atoms with Crippen molar-refractivity contribution in [2.75, 3.05) is 0 Å². The first-order valence-corrected chi connectivity index (χ1v) is 11.0. The van der Waals surface area contributed by atoms with Crippen LogP contribution in [0.5, 0.6) is 5.75 Å². The normalized spacial score (nSPS) is 14.8. The second-order valence-electron chi connectivity index (χ2n) is 9.11. The highest BCUT2D eigenvalue weighted by Crippen LogP contribution is 2.32. The summed E-state index contributed by atoms with van der Waals surface area (Å²) in [6.07, 6.45) is 2.80. The maximum Gasteiger partial charge on any atom is 0.269 e. The van der Waals surface area contributed by atoms with E-state index in [9.17, 15) is 9.59 Å². The zero-order valence-electron chi connectivity index (χ0n) is 18.9. The Bertz CT molecular complexity index is 1150. The maximum atomic E-state index is 12.5. The van der Waals surface area contributed by atoms with Crippen LogP contribution in [-0.4, -0.2) is 11.7 Å².